The SMILES string of the molecule is Cc1csc(CC(=O)N/N=C\c2ccc(OCc3ccc(Cl)cc3)cc2)n1. The zero-order valence-electron chi connectivity index (χ0n) is 14.7. The van der Waals surface area contributed by atoms with Crippen LogP contribution in [-0.4, -0.2) is 17.1 Å². The Morgan fingerprint density at radius 2 is 1.96 bits per heavy atom. The number of hydrazone groups is 1. The van der Waals surface area contributed by atoms with Gasteiger partial charge >= 0.3 is 0 Å². The monoisotopic (exact) mass is 399 g/mol. The molecule has 2 aromatic carbocycles. The maximum atomic E-state index is 11.8. The van der Waals surface area contributed by atoms with Gasteiger partial charge in [-0.25, -0.2) is 10.4 Å². The number of carbonyl (C=O) groups is 1. The Kier molecular flexibility index (Phi) is 6.57. The zero-order chi connectivity index (χ0) is 19.1. The minimum Gasteiger partial charge on any atom is -0.489 e. The van der Waals surface area contributed by atoms with E-state index in [0.717, 1.165) is 27.6 Å². The van der Waals surface area contributed by atoms with Crippen LogP contribution in [0, 0.1) is 6.92 Å². The van der Waals surface area contributed by atoms with Crippen LogP contribution in [0.1, 0.15) is 21.8 Å². The van der Waals surface area contributed by atoms with E-state index in [-0.39, 0.29) is 12.3 Å². The number of halogens is 1. The van der Waals surface area contributed by atoms with Gasteiger partial charge in [0.15, 0.2) is 0 Å². The standard InChI is InChI=1S/C20H18ClN3O2S/c1-14-13-27-20(23-14)10-19(25)24-22-11-15-4-8-18(9-5-15)26-12-16-2-6-17(21)7-3-16/h2-9,11,13H,10,12H2,1H3,(H,24,25)/b22-11-. The average molecular weight is 400 g/mol. The van der Waals surface area contributed by atoms with Crippen LogP contribution in [0.4, 0.5) is 0 Å². The van der Waals surface area contributed by atoms with Gasteiger partial charge < -0.3 is 4.74 Å². The molecule has 0 aliphatic rings. The van der Waals surface area contributed by atoms with Gasteiger partial charge in [0.25, 0.3) is 0 Å². The zero-order valence-corrected chi connectivity index (χ0v) is 16.3. The number of aryl methyl sites for hydroxylation is 1. The Bertz CT molecular complexity index is 921. The van der Waals surface area contributed by atoms with Crippen LogP contribution in [0.2, 0.25) is 5.02 Å². The van der Waals surface area contributed by atoms with E-state index in [1.807, 2.05) is 60.8 Å². The predicted octanol–water partition coefficient (Wildman–Crippen LogP) is 4.38. The second-order valence-corrected chi connectivity index (χ2v) is 7.22. The number of aromatic nitrogens is 1. The van der Waals surface area contributed by atoms with E-state index >= 15 is 0 Å². The number of nitrogens with zero attached hydrogens (tertiary/aromatic N) is 2. The highest BCUT2D eigenvalue weighted by Gasteiger charge is 2.05. The molecule has 7 heteroatoms. The lowest BCUT2D eigenvalue weighted by Gasteiger charge is -2.06. The van der Waals surface area contributed by atoms with E-state index in [9.17, 15) is 4.79 Å². The van der Waals surface area contributed by atoms with Crippen molar-refractivity contribution in [3.05, 3.63) is 80.8 Å². The lowest BCUT2D eigenvalue weighted by molar-refractivity contribution is -0.120. The Balaban J connectivity index is 1.46. The minimum atomic E-state index is -0.191. The molecule has 3 rings (SSSR count). The van der Waals surface area contributed by atoms with E-state index in [4.69, 9.17) is 16.3 Å². The van der Waals surface area contributed by atoms with Gasteiger partial charge in [-0.05, 0) is 54.4 Å². The smallest absolute Gasteiger partial charge is 0.246 e. The molecule has 0 atom stereocenters. The molecule has 1 aromatic heterocycles. The fourth-order valence-corrected chi connectivity index (χ4v) is 3.13. The normalized spacial score (nSPS) is 10.9. The number of benzene rings is 2. The van der Waals surface area contributed by atoms with Crippen LogP contribution >= 0.6 is 22.9 Å². The summed E-state index contributed by atoms with van der Waals surface area (Å²) in [7, 11) is 0. The molecule has 1 amide bonds. The summed E-state index contributed by atoms with van der Waals surface area (Å²) in [5.41, 5.74) is 5.34. The average Bonchev–Trinajstić information content (AvgIpc) is 3.07. The van der Waals surface area contributed by atoms with E-state index in [1.54, 1.807) is 6.21 Å². The van der Waals surface area contributed by atoms with Gasteiger partial charge in [0.2, 0.25) is 5.91 Å². The summed E-state index contributed by atoms with van der Waals surface area (Å²) in [5.74, 6) is 0.564. The van der Waals surface area contributed by atoms with Gasteiger partial charge in [-0.1, -0.05) is 23.7 Å². The van der Waals surface area contributed by atoms with Gasteiger partial charge in [-0.15, -0.1) is 11.3 Å². The van der Waals surface area contributed by atoms with Crippen LogP contribution in [0.25, 0.3) is 0 Å². The van der Waals surface area contributed by atoms with Crippen molar-refractivity contribution >= 4 is 35.1 Å². The molecule has 0 aliphatic carbocycles. The summed E-state index contributed by atoms with van der Waals surface area (Å²) >= 11 is 7.34. The molecular weight excluding hydrogens is 382 g/mol. The van der Waals surface area contributed by atoms with Crippen molar-refractivity contribution in [2.24, 2.45) is 5.10 Å². The topological polar surface area (TPSA) is 63.6 Å². The maximum Gasteiger partial charge on any atom is 0.246 e. The Labute approximate surface area is 166 Å². The second kappa shape index (κ2) is 9.30. The molecule has 0 bridgehead atoms. The number of nitrogens with one attached hydrogen (secondary N) is 1. The molecule has 1 heterocycles. The third kappa shape index (κ3) is 6.20. The van der Waals surface area contributed by atoms with Crippen LogP contribution in [0.5, 0.6) is 5.75 Å². The summed E-state index contributed by atoms with van der Waals surface area (Å²) in [5, 5.41) is 7.38. The quantitative estimate of drug-likeness (QED) is 0.473. The fourth-order valence-electron chi connectivity index (χ4n) is 2.24. The summed E-state index contributed by atoms with van der Waals surface area (Å²) in [6.45, 7) is 2.37. The van der Waals surface area contributed by atoms with Crippen molar-refractivity contribution in [1.82, 2.24) is 10.4 Å². The molecule has 0 spiro atoms. The first-order valence-electron chi connectivity index (χ1n) is 8.29. The highest BCUT2D eigenvalue weighted by molar-refractivity contribution is 7.09. The second-order valence-electron chi connectivity index (χ2n) is 5.84. The van der Waals surface area contributed by atoms with E-state index < -0.39 is 0 Å². The molecule has 0 saturated carbocycles. The molecule has 1 N–H and O–H groups in total. The van der Waals surface area contributed by atoms with Gasteiger partial charge in [0.05, 0.1) is 12.6 Å². The van der Waals surface area contributed by atoms with Crippen molar-refractivity contribution in [2.45, 2.75) is 20.0 Å². The largest absolute Gasteiger partial charge is 0.489 e. The Morgan fingerprint density at radius 3 is 2.63 bits per heavy atom. The number of hydrogen-bond donors (Lipinski definition) is 1. The maximum absolute atomic E-state index is 11.8. The number of thiazole rings is 1. The third-order valence-corrected chi connectivity index (χ3v) is 4.80. The number of ether oxygens (including phenoxy) is 1. The summed E-state index contributed by atoms with van der Waals surface area (Å²) < 4.78 is 5.73. The van der Waals surface area contributed by atoms with Crippen molar-refractivity contribution in [3.63, 3.8) is 0 Å². The molecule has 0 aliphatic heterocycles. The third-order valence-electron chi connectivity index (χ3n) is 3.58. The molecule has 138 valence electrons. The molecule has 5 nitrogen and oxygen atoms in total. The summed E-state index contributed by atoms with van der Waals surface area (Å²) in [6, 6.07) is 15.0. The number of carbonyl (C=O) groups excluding carboxylic acids is 1. The van der Waals surface area contributed by atoms with E-state index in [0.29, 0.717) is 11.6 Å². The van der Waals surface area contributed by atoms with Gasteiger partial charge in [0.1, 0.15) is 17.4 Å². The van der Waals surface area contributed by atoms with Crippen LogP contribution in [0.3, 0.4) is 0 Å². The van der Waals surface area contributed by atoms with Crippen LogP contribution in [-0.2, 0) is 17.8 Å². The number of rotatable bonds is 7. The summed E-state index contributed by atoms with van der Waals surface area (Å²) in [4.78, 5) is 16.1. The summed E-state index contributed by atoms with van der Waals surface area (Å²) in [6.07, 6.45) is 1.82. The van der Waals surface area contributed by atoms with E-state index in [2.05, 4.69) is 15.5 Å². The molecule has 27 heavy (non-hydrogen) atoms. The number of amides is 1. The van der Waals surface area contributed by atoms with Crippen molar-refractivity contribution in [3.8, 4) is 5.75 Å². The number of hydrogen-bond acceptors (Lipinski definition) is 5. The van der Waals surface area contributed by atoms with E-state index in [1.165, 1.54) is 11.3 Å². The molecule has 0 fully saturated rings. The minimum absolute atomic E-state index is 0.191. The fraction of sp³-hybridized carbons (Fsp3) is 0.150. The first kappa shape index (κ1) is 19.1. The van der Waals surface area contributed by atoms with Crippen LogP contribution < -0.4 is 10.2 Å². The van der Waals surface area contributed by atoms with Gasteiger partial charge in [0, 0.05) is 16.1 Å². The van der Waals surface area contributed by atoms with Crippen LogP contribution in [0.15, 0.2) is 59.0 Å². The first-order chi connectivity index (χ1) is 13.1. The predicted molar refractivity (Wildman–Crippen MR) is 109 cm³/mol. The first-order valence-corrected chi connectivity index (χ1v) is 9.54. The highest BCUT2D eigenvalue weighted by atomic mass is 35.5. The molecule has 3 aromatic rings. The molecule has 0 saturated heterocycles. The molecular formula is C20H18ClN3O2S. The Morgan fingerprint density at radius 1 is 1.22 bits per heavy atom. The lowest BCUT2D eigenvalue weighted by Crippen LogP contribution is -2.19. The highest BCUT2D eigenvalue weighted by Crippen LogP contribution is 2.15. The molecule has 0 unspecified atom stereocenters. The lowest BCUT2D eigenvalue weighted by atomic mass is 10.2. The van der Waals surface area contributed by atoms with Gasteiger partial charge in [-0.2, -0.15) is 5.10 Å². The van der Waals surface area contributed by atoms with Crippen molar-refractivity contribution in [1.29, 1.82) is 0 Å². The van der Waals surface area contributed by atoms with Crippen molar-refractivity contribution < 1.29 is 9.53 Å². The van der Waals surface area contributed by atoms with Gasteiger partial charge in [-0.3, -0.25) is 4.79 Å². The van der Waals surface area contributed by atoms with Crippen molar-refractivity contribution in [2.75, 3.05) is 0 Å². The molecule has 0 radical (unpaired) electrons. The Hall–Kier alpha value is -2.70.